The number of likely N-dealkylation sites (N-methyl/N-ethyl adjacent to an activating group) is 1. The molecule has 2 unspecified atom stereocenters. The van der Waals surface area contributed by atoms with Crippen LogP contribution in [0, 0.1) is 0 Å². The van der Waals surface area contributed by atoms with Crippen LogP contribution in [0.15, 0.2) is 18.2 Å². The van der Waals surface area contributed by atoms with Crippen LogP contribution in [0.3, 0.4) is 0 Å². The van der Waals surface area contributed by atoms with Crippen LogP contribution in [0.25, 0.3) is 0 Å². The van der Waals surface area contributed by atoms with E-state index in [1.807, 2.05) is 6.07 Å². The molecule has 112 valence electrons. The van der Waals surface area contributed by atoms with Crippen molar-refractivity contribution < 1.29 is 9.84 Å². The molecule has 2 rings (SSSR count). The zero-order valence-electron chi connectivity index (χ0n) is 12.9. The number of aliphatic hydroxyl groups excluding tert-OH is 1. The molecule has 0 radical (unpaired) electrons. The summed E-state index contributed by atoms with van der Waals surface area (Å²) in [6.45, 7) is 9.05. The van der Waals surface area contributed by atoms with Crippen LogP contribution in [-0.2, 0) is 6.42 Å². The summed E-state index contributed by atoms with van der Waals surface area (Å²) in [7, 11) is 0. The Hall–Kier alpha value is -1.06. The molecule has 3 heteroatoms. The zero-order valence-corrected chi connectivity index (χ0v) is 12.9. The van der Waals surface area contributed by atoms with E-state index in [1.165, 1.54) is 18.4 Å². The van der Waals surface area contributed by atoms with E-state index in [1.54, 1.807) is 0 Å². The van der Waals surface area contributed by atoms with Crippen molar-refractivity contribution >= 4 is 0 Å². The minimum atomic E-state index is -0.443. The van der Waals surface area contributed by atoms with E-state index >= 15 is 0 Å². The number of ether oxygens (including phenoxy) is 1. The second-order valence-electron chi connectivity index (χ2n) is 5.53. The van der Waals surface area contributed by atoms with Crippen molar-refractivity contribution in [3.05, 3.63) is 29.3 Å². The van der Waals surface area contributed by atoms with Crippen molar-refractivity contribution in [1.29, 1.82) is 0 Å². The maximum atomic E-state index is 10.7. The predicted octanol–water partition coefficient (Wildman–Crippen LogP) is 3.17. The average Bonchev–Trinajstić information content (AvgIpc) is 2.49. The van der Waals surface area contributed by atoms with E-state index < -0.39 is 6.10 Å². The number of fused-ring (bicyclic) bond motifs is 1. The van der Waals surface area contributed by atoms with Crippen molar-refractivity contribution in [3.8, 4) is 5.75 Å². The number of benzene rings is 1. The first-order chi connectivity index (χ1) is 9.71. The number of unbranched alkanes of at least 4 members (excludes halogenated alkanes) is 1. The van der Waals surface area contributed by atoms with Gasteiger partial charge in [-0.15, -0.1) is 0 Å². The van der Waals surface area contributed by atoms with E-state index in [4.69, 9.17) is 4.74 Å². The van der Waals surface area contributed by atoms with Gasteiger partial charge < -0.3 is 9.84 Å². The van der Waals surface area contributed by atoms with Crippen LogP contribution < -0.4 is 4.74 Å². The number of rotatable bonds is 6. The molecule has 1 heterocycles. The number of hydrogen-bond donors (Lipinski definition) is 1. The molecular formula is C17H27NO2. The largest absolute Gasteiger partial charge is 0.491 e. The summed E-state index contributed by atoms with van der Waals surface area (Å²) in [6, 6.07) is 6.25. The SMILES string of the molecule is CCCCN(CC)C1COc2ccc(CC)cc2C1O. The van der Waals surface area contributed by atoms with Crippen LogP contribution in [-0.4, -0.2) is 35.7 Å². The number of hydrogen-bond acceptors (Lipinski definition) is 3. The average molecular weight is 277 g/mol. The van der Waals surface area contributed by atoms with Gasteiger partial charge in [-0.05, 0) is 43.6 Å². The van der Waals surface area contributed by atoms with E-state index in [0.717, 1.165) is 30.8 Å². The molecular weight excluding hydrogens is 250 g/mol. The molecule has 2 atom stereocenters. The first-order valence-corrected chi connectivity index (χ1v) is 7.88. The van der Waals surface area contributed by atoms with Gasteiger partial charge in [0.15, 0.2) is 0 Å². The van der Waals surface area contributed by atoms with Gasteiger partial charge in [0.05, 0.1) is 6.04 Å². The Morgan fingerprint density at radius 2 is 2.10 bits per heavy atom. The van der Waals surface area contributed by atoms with E-state index in [2.05, 4.69) is 37.8 Å². The molecule has 0 fully saturated rings. The van der Waals surface area contributed by atoms with Crippen molar-refractivity contribution in [1.82, 2.24) is 4.90 Å². The molecule has 0 saturated heterocycles. The summed E-state index contributed by atoms with van der Waals surface area (Å²) in [4.78, 5) is 2.34. The smallest absolute Gasteiger partial charge is 0.125 e. The van der Waals surface area contributed by atoms with Crippen LogP contribution in [0.1, 0.15) is 50.8 Å². The van der Waals surface area contributed by atoms with E-state index in [-0.39, 0.29) is 6.04 Å². The summed E-state index contributed by atoms with van der Waals surface area (Å²) in [5, 5.41) is 10.7. The fourth-order valence-corrected chi connectivity index (χ4v) is 2.88. The van der Waals surface area contributed by atoms with Gasteiger partial charge in [-0.2, -0.15) is 0 Å². The predicted molar refractivity (Wildman–Crippen MR) is 82.2 cm³/mol. The summed E-state index contributed by atoms with van der Waals surface area (Å²) in [5.41, 5.74) is 2.21. The van der Waals surface area contributed by atoms with Gasteiger partial charge in [-0.3, -0.25) is 4.90 Å². The van der Waals surface area contributed by atoms with Crippen molar-refractivity contribution in [2.45, 2.75) is 52.2 Å². The van der Waals surface area contributed by atoms with E-state index in [0.29, 0.717) is 6.61 Å². The molecule has 1 N–H and O–H groups in total. The number of aryl methyl sites for hydroxylation is 1. The molecule has 0 saturated carbocycles. The molecule has 0 aliphatic carbocycles. The molecule has 0 bridgehead atoms. The fourth-order valence-electron chi connectivity index (χ4n) is 2.88. The summed E-state index contributed by atoms with van der Waals surface area (Å²) in [6.07, 6.45) is 2.88. The number of aliphatic hydroxyl groups is 1. The molecule has 20 heavy (non-hydrogen) atoms. The van der Waals surface area contributed by atoms with Gasteiger partial charge in [-0.25, -0.2) is 0 Å². The van der Waals surface area contributed by atoms with Crippen molar-refractivity contribution in [3.63, 3.8) is 0 Å². The monoisotopic (exact) mass is 277 g/mol. The minimum absolute atomic E-state index is 0.0751. The van der Waals surface area contributed by atoms with Gasteiger partial charge in [-0.1, -0.05) is 33.3 Å². The lowest BCUT2D eigenvalue weighted by Crippen LogP contribution is -2.46. The molecule has 0 aromatic heterocycles. The highest BCUT2D eigenvalue weighted by Gasteiger charge is 2.32. The lowest BCUT2D eigenvalue weighted by molar-refractivity contribution is 0.00498. The highest BCUT2D eigenvalue weighted by atomic mass is 16.5. The molecule has 1 aliphatic heterocycles. The van der Waals surface area contributed by atoms with Crippen molar-refractivity contribution in [2.75, 3.05) is 19.7 Å². The normalized spacial score (nSPS) is 21.6. The summed E-state index contributed by atoms with van der Waals surface area (Å²) in [5.74, 6) is 0.845. The lowest BCUT2D eigenvalue weighted by Gasteiger charge is -2.38. The van der Waals surface area contributed by atoms with Crippen molar-refractivity contribution in [2.24, 2.45) is 0 Å². The Morgan fingerprint density at radius 3 is 2.75 bits per heavy atom. The van der Waals surface area contributed by atoms with Crippen LogP contribution in [0.2, 0.25) is 0 Å². The molecule has 0 amide bonds. The molecule has 1 aromatic carbocycles. The third-order valence-electron chi connectivity index (χ3n) is 4.25. The van der Waals surface area contributed by atoms with E-state index in [9.17, 15) is 5.11 Å². The molecule has 3 nitrogen and oxygen atoms in total. The minimum Gasteiger partial charge on any atom is -0.491 e. The maximum absolute atomic E-state index is 10.7. The fraction of sp³-hybridized carbons (Fsp3) is 0.647. The Bertz CT molecular complexity index is 433. The second-order valence-corrected chi connectivity index (χ2v) is 5.53. The van der Waals surface area contributed by atoms with Crippen LogP contribution >= 0.6 is 0 Å². The highest BCUT2D eigenvalue weighted by molar-refractivity contribution is 5.41. The summed E-state index contributed by atoms with van der Waals surface area (Å²) >= 11 is 0. The topological polar surface area (TPSA) is 32.7 Å². The zero-order chi connectivity index (χ0) is 14.5. The van der Waals surface area contributed by atoms with Gasteiger partial charge in [0, 0.05) is 5.56 Å². The van der Waals surface area contributed by atoms with Crippen LogP contribution in [0.4, 0.5) is 0 Å². The Morgan fingerprint density at radius 1 is 1.30 bits per heavy atom. The maximum Gasteiger partial charge on any atom is 0.125 e. The Labute approximate surface area is 122 Å². The molecule has 1 aliphatic rings. The van der Waals surface area contributed by atoms with Gasteiger partial charge in [0.25, 0.3) is 0 Å². The third-order valence-corrected chi connectivity index (χ3v) is 4.25. The second kappa shape index (κ2) is 7.09. The van der Waals surface area contributed by atoms with Crippen LogP contribution in [0.5, 0.6) is 5.75 Å². The highest BCUT2D eigenvalue weighted by Crippen LogP contribution is 2.35. The van der Waals surface area contributed by atoms with Gasteiger partial charge in [0.2, 0.25) is 0 Å². The standard InChI is InChI=1S/C17H27NO2/c1-4-7-10-18(6-3)15-12-20-16-9-8-13(5-2)11-14(16)17(15)19/h8-9,11,15,17,19H,4-7,10,12H2,1-3H3. The lowest BCUT2D eigenvalue weighted by atomic mass is 9.95. The third kappa shape index (κ3) is 3.15. The molecule has 0 spiro atoms. The van der Waals surface area contributed by atoms with Gasteiger partial charge in [0.1, 0.15) is 18.5 Å². The first kappa shape index (κ1) is 15.3. The number of nitrogens with zero attached hydrogens (tertiary/aromatic N) is 1. The summed E-state index contributed by atoms with van der Waals surface area (Å²) < 4.78 is 5.87. The quantitative estimate of drug-likeness (QED) is 0.867. The van der Waals surface area contributed by atoms with Gasteiger partial charge >= 0.3 is 0 Å². The Balaban J connectivity index is 2.18. The first-order valence-electron chi connectivity index (χ1n) is 7.88. The molecule has 1 aromatic rings. The Kier molecular flexibility index (Phi) is 5.44.